The van der Waals surface area contributed by atoms with Gasteiger partial charge in [-0.15, -0.1) is 0 Å². The quantitative estimate of drug-likeness (QED) is 0.672. The molecule has 2 aromatic carbocycles. The molecule has 1 aromatic heterocycles. The number of para-hydroxylation sites is 2. The van der Waals surface area contributed by atoms with Gasteiger partial charge in [0.1, 0.15) is 5.52 Å². The molecule has 0 unspecified atom stereocenters. The summed E-state index contributed by atoms with van der Waals surface area (Å²) in [7, 11) is 0. The lowest BCUT2D eigenvalue weighted by molar-refractivity contribution is 0.399. The molecule has 114 valence electrons. The summed E-state index contributed by atoms with van der Waals surface area (Å²) in [5.74, 6) is -0.265. The van der Waals surface area contributed by atoms with Crippen molar-refractivity contribution in [1.29, 1.82) is 0 Å². The Bertz CT molecular complexity index is 801. The fraction of sp³-hybridized carbons (Fsp3) is 0.235. The minimum absolute atomic E-state index is 0.119. The molecule has 0 aliphatic heterocycles. The first-order valence-electron chi connectivity index (χ1n) is 6.94. The highest BCUT2D eigenvalue weighted by Crippen LogP contribution is 2.42. The fourth-order valence-electron chi connectivity index (χ4n) is 2.22. The van der Waals surface area contributed by atoms with E-state index in [0.717, 1.165) is 21.6 Å². The molecule has 0 aliphatic carbocycles. The second-order valence-electron chi connectivity index (χ2n) is 6.14. The minimum Gasteiger partial charge on any atom is -0.504 e. The van der Waals surface area contributed by atoms with Gasteiger partial charge in [-0.2, -0.15) is 0 Å². The molecule has 0 saturated carbocycles. The van der Waals surface area contributed by atoms with Crippen molar-refractivity contribution in [3.8, 4) is 11.5 Å². The maximum absolute atomic E-state index is 9.79. The van der Waals surface area contributed by atoms with Gasteiger partial charge in [0.15, 0.2) is 17.1 Å². The molecule has 3 rings (SSSR count). The van der Waals surface area contributed by atoms with Crippen molar-refractivity contribution in [3.05, 3.63) is 42.0 Å². The van der Waals surface area contributed by atoms with Gasteiger partial charge in [0, 0.05) is 4.90 Å². The van der Waals surface area contributed by atoms with Crippen molar-refractivity contribution in [3.63, 3.8) is 0 Å². The van der Waals surface area contributed by atoms with E-state index >= 15 is 0 Å². The maximum atomic E-state index is 9.79. The van der Waals surface area contributed by atoms with E-state index in [0.29, 0.717) is 5.22 Å². The van der Waals surface area contributed by atoms with Crippen molar-refractivity contribution in [2.45, 2.75) is 36.3 Å². The second kappa shape index (κ2) is 5.25. The van der Waals surface area contributed by atoms with Crippen LogP contribution in [0.4, 0.5) is 0 Å². The molecule has 0 spiro atoms. The van der Waals surface area contributed by atoms with Crippen LogP contribution < -0.4 is 0 Å². The largest absolute Gasteiger partial charge is 0.504 e. The average Bonchev–Trinajstić information content (AvgIpc) is 2.83. The van der Waals surface area contributed by atoms with Crippen LogP contribution in [0, 0.1) is 0 Å². The number of benzene rings is 2. The molecule has 4 nitrogen and oxygen atoms in total. The van der Waals surface area contributed by atoms with Crippen LogP contribution in [0.2, 0.25) is 0 Å². The van der Waals surface area contributed by atoms with E-state index in [1.165, 1.54) is 11.8 Å². The Balaban J connectivity index is 2.05. The van der Waals surface area contributed by atoms with E-state index in [-0.39, 0.29) is 16.9 Å². The highest BCUT2D eigenvalue weighted by atomic mass is 32.2. The van der Waals surface area contributed by atoms with Crippen LogP contribution in [-0.2, 0) is 5.41 Å². The zero-order valence-electron chi connectivity index (χ0n) is 12.6. The van der Waals surface area contributed by atoms with Crippen LogP contribution in [0.3, 0.4) is 0 Å². The molecule has 0 saturated heterocycles. The molecule has 2 N–H and O–H groups in total. The van der Waals surface area contributed by atoms with Gasteiger partial charge >= 0.3 is 0 Å². The number of hydrogen-bond donors (Lipinski definition) is 2. The maximum Gasteiger partial charge on any atom is 0.261 e. The van der Waals surface area contributed by atoms with Crippen molar-refractivity contribution in [1.82, 2.24) is 4.98 Å². The van der Waals surface area contributed by atoms with Crippen LogP contribution in [0.15, 0.2) is 50.9 Å². The molecule has 0 fully saturated rings. The van der Waals surface area contributed by atoms with E-state index in [1.54, 1.807) is 12.1 Å². The summed E-state index contributed by atoms with van der Waals surface area (Å²) in [5, 5.41) is 20.1. The third kappa shape index (κ3) is 2.76. The molecule has 3 aromatic rings. The van der Waals surface area contributed by atoms with Gasteiger partial charge in [0.25, 0.3) is 5.22 Å². The summed E-state index contributed by atoms with van der Waals surface area (Å²) in [4.78, 5) is 5.25. The van der Waals surface area contributed by atoms with Gasteiger partial charge in [0.05, 0.1) is 0 Å². The molecule has 5 heteroatoms. The first-order chi connectivity index (χ1) is 10.3. The molecule has 0 atom stereocenters. The Morgan fingerprint density at radius 1 is 1.05 bits per heavy atom. The zero-order valence-corrected chi connectivity index (χ0v) is 13.4. The number of hydrogen-bond acceptors (Lipinski definition) is 5. The van der Waals surface area contributed by atoms with Gasteiger partial charge in [-0.3, -0.25) is 0 Å². The molecule has 0 radical (unpaired) electrons. The second-order valence-corrected chi connectivity index (χ2v) is 7.13. The highest BCUT2D eigenvalue weighted by molar-refractivity contribution is 7.99. The minimum atomic E-state index is -0.181. The van der Waals surface area contributed by atoms with Crippen molar-refractivity contribution >= 4 is 22.9 Å². The van der Waals surface area contributed by atoms with E-state index < -0.39 is 0 Å². The molecular weight excluding hydrogens is 298 g/mol. The van der Waals surface area contributed by atoms with Gasteiger partial charge in [-0.25, -0.2) is 4.98 Å². The average molecular weight is 315 g/mol. The Hall–Kier alpha value is -2.14. The number of phenolic OH excluding ortho intramolecular Hbond substituents is 2. The lowest BCUT2D eigenvalue weighted by atomic mass is 9.87. The Morgan fingerprint density at radius 3 is 2.41 bits per heavy atom. The zero-order chi connectivity index (χ0) is 15.9. The van der Waals surface area contributed by atoms with Crippen LogP contribution >= 0.6 is 11.8 Å². The van der Waals surface area contributed by atoms with E-state index in [9.17, 15) is 10.2 Å². The molecule has 0 bridgehead atoms. The van der Waals surface area contributed by atoms with Crippen molar-refractivity contribution in [2.24, 2.45) is 0 Å². The molecule has 0 aliphatic rings. The van der Waals surface area contributed by atoms with Gasteiger partial charge in [0.2, 0.25) is 0 Å². The number of rotatable bonds is 2. The highest BCUT2D eigenvalue weighted by Gasteiger charge is 2.22. The SMILES string of the molecule is CC(C)(C)c1cc(O)c(O)cc1Sc1nc2ccccc2o1. The number of fused-ring (bicyclic) bond motifs is 1. The predicted octanol–water partition coefficient (Wildman–Crippen LogP) is 4.69. The normalized spacial score (nSPS) is 12.0. The third-order valence-electron chi connectivity index (χ3n) is 3.36. The lowest BCUT2D eigenvalue weighted by Crippen LogP contribution is -2.12. The molecular formula is C17H17NO3S. The topological polar surface area (TPSA) is 66.5 Å². The number of aromatic nitrogens is 1. The van der Waals surface area contributed by atoms with Crippen molar-refractivity contribution < 1.29 is 14.6 Å². The summed E-state index contributed by atoms with van der Waals surface area (Å²) in [5.41, 5.74) is 2.27. The third-order valence-corrected chi connectivity index (χ3v) is 4.26. The summed E-state index contributed by atoms with van der Waals surface area (Å²) < 4.78 is 5.72. The molecule has 0 amide bonds. The standard InChI is InChI=1S/C17H17NO3S/c1-17(2,3)10-8-12(19)13(20)9-15(10)22-16-18-11-6-4-5-7-14(11)21-16/h4-9,19-20H,1-3H3. The Morgan fingerprint density at radius 2 is 1.73 bits per heavy atom. The number of oxazole rings is 1. The van der Waals surface area contributed by atoms with Crippen LogP contribution in [0.1, 0.15) is 26.3 Å². The van der Waals surface area contributed by atoms with Crippen molar-refractivity contribution in [2.75, 3.05) is 0 Å². The van der Waals surface area contributed by atoms with Gasteiger partial charge in [-0.1, -0.05) is 32.9 Å². The number of nitrogens with zero attached hydrogens (tertiary/aromatic N) is 1. The smallest absolute Gasteiger partial charge is 0.261 e. The van der Waals surface area contributed by atoms with Gasteiger partial charge in [-0.05, 0) is 47.0 Å². The Kier molecular flexibility index (Phi) is 3.53. The van der Waals surface area contributed by atoms with E-state index in [4.69, 9.17) is 4.42 Å². The molecule has 1 heterocycles. The lowest BCUT2D eigenvalue weighted by Gasteiger charge is -2.22. The van der Waals surface area contributed by atoms with E-state index in [2.05, 4.69) is 25.8 Å². The molecule has 22 heavy (non-hydrogen) atoms. The van der Waals surface area contributed by atoms with Crippen LogP contribution in [0.5, 0.6) is 11.5 Å². The number of phenols is 2. The van der Waals surface area contributed by atoms with Crippen LogP contribution in [0.25, 0.3) is 11.1 Å². The van der Waals surface area contributed by atoms with Gasteiger partial charge < -0.3 is 14.6 Å². The Labute approximate surface area is 132 Å². The fourth-order valence-corrected chi connectivity index (χ4v) is 3.33. The number of aromatic hydroxyl groups is 2. The monoisotopic (exact) mass is 315 g/mol. The summed E-state index contributed by atoms with van der Waals surface area (Å²) in [6, 6.07) is 10.7. The summed E-state index contributed by atoms with van der Waals surface area (Å²) in [6.07, 6.45) is 0. The summed E-state index contributed by atoms with van der Waals surface area (Å²) >= 11 is 1.34. The van der Waals surface area contributed by atoms with E-state index in [1.807, 2.05) is 24.3 Å². The predicted molar refractivity (Wildman–Crippen MR) is 86.6 cm³/mol. The summed E-state index contributed by atoms with van der Waals surface area (Å²) in [6.45, 7) is 6.15. The first kappa shape index (κ1) is 14.8. The first-order valence-corrected chi connectivity index (χ1v) is 7.76. The van der Waals surface area contributed by atoms with Crippen LogP contribution in [-0.4, -0.2) is 15.2 Å².